The molecule has 0 fully saturated rings. The molecule has 1 aromatic rings. The van der Waals surface area contributed by atoms with Crippen molar-refractivity contribution in [2.75, 3.05) is 5.88 Å². The van der Waals surface area contributed by atoms with Gasteiger partial charge in [0.05, 0.1) is 10.8 Å². The Morgan fingerprint density at radius 2 is 1.94 bits per heavy atom. The number of hydrogen-bond donors (Lipinski definition) is 1. The van der Waals surface area contributed by atoms with Crippen LogP contribution in [0.5, 0.6) is 0 Å². The van der Waals surface area contributed by atoms with Crippen LogP contribution < -0.4 is 4.72 Å². The molecule has 100 valence electrons. The van der Waals surface area contributed by atoms with Crippen LogP contribution in [0.25, 0.3) is 0 Å². The SMILES string of the molecule is CC(CCl)OC(=O)NS(=O)(=O)c1ccc(Cl)cc1. The lowest BCUT2D eigenvalue weighted by Crippen LogP contribution is -2.33. The molecule has 0 bridgehead atoms. The van der Waals surface area contributed by atoms with Gasteiger partial charge in [0.2, 0.25) is 0 Å². The number of carbonyl (C=O) groups is 1. The van der Waals surface area contributed by atoms with E-state index in [9.17, 15) is 13.2 Å². The Morgan fingerprint density at radius 1 is 1.39 bits per heavy atom. The van der Waals surface area contributed by atoms with Crippen molar-refractivity contribution in [2.24, 2.45) is 0 Å². The molecule has 0 aromatic heterocycles. The minimum absolute atomic E-state index is 0.0778. The van der Waals surface area contributed by atoms with E-state index in [1.54, 1.807) is 11.6 Å². The number of sulfonamides is 1. The van der Waals surface area contributed by atoms with Crippen molar-refractivity contribution in [1.29, 1.82) is 0 Å². The molecule has 18 heavy (non-hydrogen) atoms. The highest BCUT2D eigenvalue weighted by molar-refractivity contribution is 7.90. The highest BCUT2D eigenvalue weighted by atomic mass is 35.5. The van der Waals surface area contributed by atoms with E-state index in [0.29, 0.717) is 5.02 Å². The summed E-state index contributed by atoms with van der Waals surface area (Å²) in [4.78, 5) is 11.2. The monoisotopic (exact) mass is 311 g/mol. The van der Waals surface area contributed by atoms with Crippen LogP contribution in [-0.4, -0.2) is 26.5 Å². The Labute approximate surface area is 115 Å². The highest BCUT2D eigenvalue weighted by Gasteiger charge is 2.19. The van der Waals surface area contributed by atoms with Crippen molar-refractivity contribution in [1.82, 2.24) is 4.72 Å². The van der Waals surface area contributed by atoms with Gasteiger partial charge in [0.25, 0.3) is 10.0 Å². The molecule has 0 aliphatic rings. The third-order valence-electron chi connectivity index (χ3n) is 1.87. The van der Waals surface area contributed by atoms with Crippen molar-refractivity contribution in [3.05, 3.63) is 29.3 Å². The molecule has 0 saturated carbocycles. The van der Waals surface area contributed by atoms with Crippen molar-refractivity contribution >= 4 is 39.3 Å². The lowest BCUT2D eigenvalue weighted by atomic mass is 10.4. The highest BCUT2D eigenvalue weighted by Crippen LogP contribution is 2.13. The number of hydrogen-bond acceptors (Lipinski definition) is 4. The van der Waals surface area contributed by atoms with Gasteiger partial charge in [-0.3, -0.25) is 0 Å². The Kier molecular flexibility index (Phi) is 5.25. The van der Waals surface area contributed by atoms with Crippen LogP contribution in [0.2, 0.25) is 5.02 Å². The van der Waals surface area contributed by atoms with Crippen molar-refractivity contribution in [3.8, 4) is 0 Å². The van der Waals surface area contributed by atoms with E-state index < -0.39 is 22.2 Å². The second-order valence-electron chi connectivity index (χ2n) is 3.43. The van der Waals surface area contributed by atoms with Gasteiger partial charge in [-0.2, -0.15) is 0 Å². The summed E-state index contributed by atoms with van der Waals surface area (Å²) in [7, 11) is -3.96. The Balaban J connectivity index is 2.76. The normalized spacial score (nSPS) is 12.8. The Morgan fingerprint density at radius 3 is 2.44 bits per heavy atom. The van der Waals surface area contributed by atoms with Crippen molar-refractivity contribution < 1.29 is 17.9 Å². The largest absolute Gasteiger partial charge is 0.445 e. The summed E-state index contributed by atoms with van der Waals surface area (Å²) < 4.78 is 29.9. The summed E-state index contributed by atoms with van der Waals surface area (Å²) >= 11 is 11.1. The summed E-state index contributed by atoms with van der Waals surface area (Å²) in [6.07, 6.45) is -1.65. The number of carbonyl (C=O) groups excluding carboxylic acids is 1. The van der Waals surface area contributed by atoms with E-state index in [4.69, 9.17) is 27.9 Å². The molecule has 8 heteroatoms. The summed E-state index contributed by atoms with van der Waals surface area (Å²) in [5, 5.41) is 0.396. The predicted molar refractivity (Wildman–Crippen MR) is 68.4 cm³/mol. The molecule has 1 N–H and O–H groups in total. The average molecular weight is 312 g/mol. The van der Waals surface area contributed by atoms with Gasteiger partial charge < -0.3 is 4.74 Å². The molecule has 0 spiro atoms. The molecule has 0 aliphatic heterocycles. The number of ether oxygens (including phenoxy) is 1. The molecule has 1 rings (SSSR count). The van der Waals surface area contributed by atoms with E-state index in [2.05, 4.69) is 0 Å². The van der Waals surface area contributed by atoms with Gasteiger partial charge >= 0.3 is 6.09 Å². The first kappa shape index (κ1) is 15.1. The molecule has 0 heterocycles. The van der Waals surface area contributed by atoms with Gasteiger partial charge in [0, 0.05) is 5.02 Å². The van der Waals surface area contributed by atoms with Crippen LogP contribution in [0.15, 0.2) is 29.2 Å². The molecule has 1 aromatic carbocycles. The molecule has 5 nitrogen and oxygen atoms in total. The number of benzene rings is 1. The maximum atomic E-state index is 11.7. The van der Waals surface area contributed by atoms with Crippen LogP contribution in [0.4, 0.5) is 4.79 Å². The Bertz CT molecular complexity index is 515. The first-order chi connectivity index (χ1) is 8.35. The van der Waals surface area contributed by atoms with Crippen molar-refractivity contribution in [3.63, 3.8) is 0 Å². The minimum atomic E-state index is -3.96. The smallest absolute Gasteiger partial charge is 0.421 e. The quantitative estimate of drug-likeness (QED) is 0.866. The molecule has 0 saturated heterocycles. The zero-order valence-electron chi connectivity index (χ0n) is 9.39. The maximum Gasteiger partial charge on any atom is 0.421 e. The van der Waals surface area contributed by atoms with Gasteiger partial charge in [-0.1, -0.05) is 11.6 Å². The number of alkyl halides is 1. The fourth-order valence-corrected chi connectivity index (χ4v) is 2.09. The molecular formula is C10H11Cl2NO4S. The first-order valence-corrected chi connectivity index (χ1v) is 7.29. The second kappa shape index (κ2) is 6.26. The van der Waals surface area contributed by atoms with Gasteiger partial charge in [0.1, 0.15) is 6.10 Å². The first-order valence-electron chi connectivity index (χ1n) is 4.90. The van der Waals surface area contributed by atoms with Crippen LogP contribution in [0, 0.1) is 0 Å². The Hall–Kier alpha value is -0.980. The second-order valence-corrected chi connectivity index (χ2v) is 5.86. The van der Waals surface area contributed by atoms with Gasteiger partial charge in [-0.05, 0) is 31.2 Å². The van der Waals surface area contributed by atoms with Gasteiger partial charge in [0.15, 0.2) is 0 Å². The average Bonchev–Trinajstić information content (AvgIpc) is 2.28. The van der Waals surface area contributed by atoms with Crippen LogP contribution >= 0.6 is 23.2 Å². The molecule has 1 unspecified atom stereocenters. The minimum Gasteiger partial charge on any atom is -0.445 e. The van der Waals surface area contributed by atoms with Crippen molar-refractivity contribution in [2.45, 2.75) is 17.9 Å². The fraction of sp³-hybridized carbons (Fsp3) is 0.300. The van der Waals surface area contributed by atoms with E-state index in [1.807, 2.05) is 0 Å². The molecular weight excluding hydrogens is 301 g/mol. The number of halogens is 2. The zero-order valence-corrected chi connectivity index (χ0v) is 11.7. The van der Waals surface area contributed by atoms with Crippen LogP contribution in [-0.2, 0) is 14.8 Å². The topological polar surface area (TPSA) is 72.5 Å². The van der Waals surface area contributed by atoms with E-state index in [1.165, 1.54) is 24.3 Å². The third-order valence-corrected chi connectivity index (χ3v) is 3.88. The number of amides is 1. The van der Waals surface area contributed by atoms with Gasteiger partial charge in [-0.25, -0.2) is 17.9 Å². The fourth-order valence-electron chi connectivity index (χ4n) is 1.02. The van der Waals surface area contributed by atoms with Gasteiger partial charge in [-0.15, -0.1) is 11.6 Å². The molecule has 1 atom stereocenters. The van der Waals surface area contributed by atoms with E-state index in [0.717, 1.165) is 0 Å². The summed E-state index contributed by atoms with van der Waals surface area (Å²) in [5.41, 5.74) is 0. The molecule has 1 amide bonds. The lowest BCUT2D eigenvalue weighted by Gasteiger charge is -2.11. The number of rotatable bonds is 4. The zero-order chi connectivity index (χ0) is 13.8. The summed E-state index contributed by atoms with van der Waals surface area (Å²) in [6.45, 7) is 1.54. The molecule has 0 aliphatic carbocycles. The maximum absolute atomic E-state index is 11.7. The van der Waals surface area contributed by atoms with E-state index in [-0.39, 0.29) is 10.8 Å². The summed E-state index contributed by atoms with van der Waals surface area (Å²) in [5.74, 6) is 0.0778. The lowest BCUT2D eigenvalue weighted by molar-refractivity contribution is 0.123. The van der Waals surface area contributed by atoms with Crippen LogP contribution in [0.1, 0.15) is 6.92 Å². The predicted octanol–water partition coefficient (Wildman–Crippen LogP) is 2.38. The third kappa shape index (κ3) is 4.36. The standard InChI is InChI=1S/C10H11Cl2NO4S/c1-7(6-11)17-10(14)13-18(15,16)9-4-2-8(12)3-5-9/h2-5,7H,6H2,1H3,(H,13,14). The van der Waals surface area contributed by atoms with E-state index >= 15 is 0 Å². The number of nitrogens with one attached hydrogen (secondary N) is 1. The molecule has 0 radical (unpaired) electrons. The summed E-state index contributed by atoms with van der Waals surface area (Å²) in [6, 6.07) is 5.37. The van der Waals surface area contributed by atoms with Crippen LogP contribution in [0.3, 0.4) is 0 Å².